The minimum atomic E-state index is -0.608. The number of nitrogens with one attached hydrogen (secondary N) is 5. The van der Waals surface area contributed by atoms with Gasteiger partial charge in [0.25, 0.3) is 0 Å². The largest absolute Gasteiger partial charge is 0.442 e. The number of carbonyl (C=O) groups is 10. The van der Waals surface area contributed by atoms with Crippen LogP contribution in [-0.4, -0.2) is 221 Å². The number of amides is 10. The minimum Gasteiger partial charge on any atom is -0.442 e. The van der Waals surface area contributed by atoms with Gasteiger partial charge >= 0.3 is 30.5 Å². The van der Waals surface area contributed by atoms with Crippen LogP contribution in [0.3, 0.4) is 0 Å². The fourth-order valence-electron chi connectivity index (χ4n) is 16.3. The second-order valence-corrected chi connectivity index (χ2v) is 36.6. The maximum absolute atomic E-state index is 15.1. The molecule has 150 heavy (non-hydrogen) atoms. The molecule has 770 valence electrons. The predicted molar refractivity (Wildman–Crippen MR) is 549 cm³/mol. The number of cyclic esters (lactones) is 5. The minimum absolute atomic E-state index is 0.186. The molecule has 5 aliphatic heterocycles. The number of aromatic nitrogens is 12. The Balaban J connectivity index is 0.000000133. The zero-order valence-electron chi connectivity index (χ0n) is 80.5. The Hall–Kier alpha value is -17.3. The van der Waals surface area contributed by atoms with Crippen LogP contribution >= 0.6 is 43.6 Å². The highest BCUT2D eigenvalue weighted by Gasteiger charge is 2.39. The van der Waals surface area contributed by atoms with Crippen molar-refractivity contribution in [2.24, 2.45) is 0 Å². The van der Waals surface area contributed by atoms with Crippen molar-refractivity contribution >= 4 is 132 Å². The third-order valence-corrected chi connectivity index (χ3v) is 25.2. The molecule has 20 rings (SSSR count). The van der Waals surface area contributed by atoms with Crippen molar-refractivity contribution in [2.75, 3.05) is 96.2 Å². The summed E-state index contributed by atoms with van der Waals surface area (Å²) in [6, 6.07) is 59.9. The molecule has 37 nitrogen and oxygen atoms in total. The summed E-state index contributed by atoms with van der Waals surface area (Å²) in [5.74, 6) is -4.12. The first kappa shape index (κ1) is 106. The molecular formula is C104H92Br2F6N22O15S. The van der Waals surface area contributed by atoms with Crippen LogP contribution in [0.1, 0.15) is 34.6 Å². The first-order valence-electron chi connectivity index (χ1n) is 46.3. The van der Waals surface area contributed by atoms with E-state index in [1.54, 1.807) is 152 Å². The number of pyridine rings is 2. The van der Waals surface area contributed by atoms with Crippen LogP contribution in [-0.2, 0) is 47.7 Å². The lowest BCUT2D eigenvalue weighted by Gasteiger charge is -2.15. The summed E-state index contributed by atoms with van der Waals surface area (Å²) in [5, 5.41) is 34.2. The first-order valence-corrected chi connectivity index (χ1v) is 49.1. The van der Waals surface area contributed by atoms with Crippen LogP contribution < -0.4 is 51.1 Å². The number of rotatable bonds is 26. The fourth-order valence-corrected chi connectivity index (χ4v) is 17.2. The van der Waals surface area contributed by atoms with E-state index >= 15 is 8.78 Å². The molecule has 0 bridgehead atoms. The van der Waals surface area contributed by atoms with Gasteiger partial charge in [-0.2, -0.15) is 25.5 Å². The summed E-state index contributed by atoms with van der Waals surface area (Å²) in [7, 11) is 0. The number of thioether (sulfide) groups is 1. The number of anilines is 5. The predicted octanol–water partition coefficient (Wildman–Crippen LogP) is 16.9. The second-order valence-electron chi connectivity index (χ2n) is 33.9. The van der Waals surface area contributed by atoms with Crippen LogP contribution in [0.5, 0.6) is 0 Å². The highest BCUT2D eigenvalue weighted by atomic mass is 79.9. The van der Waals surface area contributed by atoms with Crippen LogP contribution in [0, 0.1) is 34.9 Å². The van der Waals surface area contributed by atoms with Gasteiger partial charge in [-0.05, 0) is 216 Å². The van der Waals surface area contributed by atoms with Gasteiger partial charge in [-0.1, -0.05) is 40.2 Å². The smallest absolute Gasteiger partial charge is 0.414 e. The summed E-state index contributed by atoms with van der Waals surface area (Å²) in [5.41, 5.74) is 10.5. The van der Waals surface area contributed by atoms with Crippen molar-refractivity contribution in [2.45, 2.75) is 70.0 Å². The topological polar surface area (TPSA) is 408 Å². The van der Waals surface area contributed by atoms with Gasteiger partial charge < -0.3 is 50.3 Å². The Bertz CT molecular complexity index is 7080. The van der Waals surface area contributed by atoms with E-state index in [1.165, 1.54) is 137 Å². The van der Waals surface area contributed by atoms with Gasteiger partial charge in [-0.25, -0.2) is 73.7 Å². The van der Waals surface area contributed by atoms with Gasteiger partial charge in [-0.3, -0.25) is 58.4 Å². The number of hydrogen-bond acceptors (Lipinski definition) is 23. The Morgan fingerprint density at radius 1 is 0.313 bits per heavy atom. The molecule has 5 N–H and O–H groups in total. The lowest BCUT2D eigenvalue weighted by atomic mass is 10.1. The number of halogens is 8. The van der Waals surface area contributed by atoms with Gasteiger partial charge in [0, 0.05) is 89.3 Å². The van der Waals surface area contributed by atoms with Crippen LogP contribution in [0.15, 0.2) is 282 Å². The van der Waals surface area contributed by atoms with E-state index in [-0.39, 0.29) is 129 Å². The average Bonchev–Trinajstić information content (AvgIpc) is 1.62. The molecule has 10 amide bonds. The van der Waals surface area contributed by atoms with Gasteiger partial charge in [0.15, 0.2) is 29.1 Å². The van der Waals surface area contributed by atoms with Crippen molar-refractivity contribution in [3.63, 3.8) is 0 Å². The van der Waals surface area contributed by atoms with E-state index < -0.39 is 90.1 Å². The molecule has 5 fully saturated rings. The molecule has 0 unspecified atom stereocenters. The summed E-state index contributed by atoms with van der Waals surface area (Å²) >= 11 is 8.40. The third-order valence-electron chi connectivity index (χ3n) is 23.5. The number of hydrogen-bond donors (Lipinski definition) is 5. The Morgan fingerprint density at radius 3 is 0.813 bits per heavy atom. The summed E-state index contributed by atoms with van der Waals surface area (Å²) in [6.07, 6.45) is 9.49. The number of ether oxygens (including phenoxy) is 5. The Morgan fingerprint density at radius 2 is 0.560 bits per heavy atom. The molecule has 15 aromatic rings. The monoisotopic (exact) mass is 2190 g/mol. The molecule has 46 heteroatoms. The van der Waals surface area contributed by atoms with E-state index in [0.717, 1.165) is 47.6 Å². The van der Waals surface area contributed by atoms with Gasteiger partial charge in [-0.15, -0.1) is 11.8 Å². The molecule has 5 aliphatic rings. The molecule has 5 atom stereocenters. The summed E-state index contributed by atoms with van der Waals surface area (Å²) in [6.45, 7) is 9.04. The maximum atomic E-state index is 15.1. The van der Waals surface area contributed by atoms with E-state index in [1.807, 2.05) is 79.1 Å². The Labute approximate surface area is 873 Å². The van der Waals surface area contributed by atoms with Gasteiger partial charge in [0.05, 0.1) is 159 Å². The normalized spacial score (nSPS) is 15.9. The van der Waals surface area contributed by atoms with E-state index in [9.17, 15) is 65.5 Å². The van der Waals surface area contributed by atoms with Gasteiger partial charge in [0.2, 0.25) is 29.5 Å². The molecular weight excluding hydrogens is 2100 g/mol. The standard InChI is InChI=1S/C22H21FN4O3S.C21H18BrFN4O3.C21H18F2N4O3.C20H17BrFN5O3.C20H18FN5O3/c1-14(28)24-12-17-13-26(22(29)30-17)16-5-8-21(19(23)11-16)27-20(9-10-25-27)15-3-6-18(31-2)7-4-15;2*1-13(28)24-11-17-12-26(21(29)30-17)16-6-7-20(18(23)10-16)27-19(8-9-25-27)14-2-4-15(22)5-3-14;1-12(28)23-10-15-11-26(20(29)30-15)14-3-5-18(16(22)8-14)27-19(6-7-25-27)17-4-2-13(21)9-24-17;1-13(27)23-11-16-12-25(20(28)29-16)15-2-3-19(17(21)10-15)26-18(6-9-24-26)14-4-7-22-8-5-14/h3-11,17H,12-13H2,1-2H3,(H,24,28);2*2-10,17H,11-12H2,1H3,(H,24,28);2-9,15H,10-11H2,1H3,(H,23,28);2-10,16H,11-12H2,1H3,(H,23,27)/t3*17-;15-;16-/m00000/s1. The number of benzene rings is 8. The summed E-state index contributed by atoms with van der Waals surface area (Å²) < 4.78 is 123. The van der Waals surface area contributed by atoms with Crippen molar-refractivity contribution in [3.05, 3.63) is 312 Å². The highest BCUT2D eigenvalue weighted by molar-refractivity contribution is 9.10. The second kappa shape index (κ2) is 47.9. The average molecular weight is 2200 g/mol. The molecule has 5 saturated heterocycles. The maximum Gasteiger partial charge on any atom is 0.414 e. The molecule has 0 aliphatic carbocycles. The van der Waals surface area contributed by atoms with Crippen molar-refractivity contribution < 1.29 is 98.0 Å². The van der Waals surface area contributed by atoms with Crippen molar-refractivity contribution in [1.29, 1.82) is 0 Å². The zero-order valence-corrected chi connectivity index (χ0v) is 84.5. The molecule has 0 saturated carbocycles. The van der Waals surface area contributed by atoms with Crippen LogP contribution in [0.2, 0.25) is 0 Å². The van der Waals surface area contributed by atoms with E-state index in [4.69, 9.17) is 23.7 Å². The summed E-state index contributed by atoms with van der Waals surface area (Å²) in [4.78, 5) is 132. The van der Waals surface area contributed by atoms with E-state index in [0.29, 0.717) is 51.1 Å². The molecule has 0 spiro atoms. The fraction of sp³-hybridized carbons (Fsp3) is 0.202. The lowest BCUT2D eigenvalue weighted by molar-refractivity contribution is -0.120. The first-order chi connectivity index (χ1) is 72.2. The van der Waals surface area contributed by atoms with Gasteiger partial charge in [0.1, 0.15) is 64.8 Å². The molecule has 0 radical (unpaired) electrons. The SMILES string of the molecule is CC(=O)NC[C@H]1CN(c2ccc(-n3nccc3-c3ccc(Br)cc3)c(F)c2)C(=O)O1.CC(=O)NC[C@H]1CN(c2ccc(-n3nccc3-c3ccc(Br)cn3)c(F)c2)C(=O)O1.CC(=O)NC[C@H]1CN(c2ccc(-n3nccc3-c3ccc(F)cc3)c(F)c2)C(=O)O1.CC(=O)NC[C@H]1CN(c2ccc(-n3nccc3-c3ccncc3)c(F)c2)C(=O)O1.CSc1ccc(-c2ccnn2-c2ccc(N3C[C@H](CNC(C)=O)OC3=O)cc2F)cc1. The Kier molecular flexibility index (Phi) is 33.7. The van der Waals surface area contributed by atoms with Crippen LogP contribution in [0.25, 0.3) is 84.9 Å². The highest BCUT2D eigenvalue weighted by Crippen LogP contribution is 2.38. The van der Waals surface area contributed by atoms with Crippen molar-refractivity contribution in [1.82, 2.24) is 85.5 Å². The molecule has 12 heterocycles. The lowest BCUT2D eigenvalue weighted by Crippen LogP contribution is -2.33. The molecule has 8 aromatic carbocycles. The quantitative estimate of drug-likeness (QED) is 0.0191. The van der Waals surface area contributed by atoms with E-state index in [2.05, 4.69) is 93.9 Å². The zero-order chi connectivity index (χ0) is 106. The third kappa shape index (κ3) is 25.7. The number of nitrogens with zero attached hydrogens (tertiary/aromatic N) is 17. The molecule has 7 aromatic heterocycles. The van der Waals surface area contributed by atoms with Crippen LogP contribution in [0.4, 0.5) is 78.8 Å². The number of carbonyl (C=O) groups excluding carboxylic acids is 10. The van der Waals surface area contributed by atoms with Crippen molar-refractivity contribution in [3.8, 4) is 84.9 Å².